The first kappa shape index (κ1) is 18.3. The minimum Gasteiger partial charge on any atom is -0.497 e. The zero-order valence-corrected chi connectivity index (χ0v) is 15.3. The molecular formula is C21H19NO5. The van der Waals surface area contributed by atoms with Gasteiger partial charge in [-0.15, -0.1) is 0 Å². The lowest BCUT2D eigenvalue weighted by atomic mass is 10.1. The number of ether oxygens (including phenoxy) is 4. The average Bonchev–Trinajstić information content (AvgIpc) is 3.06. The second kappa shape index (κ2) is 8.23. The Morgan fingerprint density at radius 1 is 0.889 bits per heavy atom. The molecule has 0 saturated heterocycles. The zero-order chi connectivity index (χ0) is 19.2. The van der Waals surface area contributed by atoms with Crippen LogP contribution in [0.15, 0.2) is 59.2 Å². The third-order valence-corrected chi connectivity index (χ3v) is 3.91. The van der Waals surface area contributed by atoms with Crippen molar-refractivity contribution in [3.63, 3.8) is 0 Å². The lowest BCUT2D eigenvalue weighted by molar-refractivity contribution is -0.129. The van der Waals surface area contributed by atoms with Crippen molar-refractivity contribution in [2.45, 2.75) is 0 Å². The van der Waals surface area contributed by atoms with Gasteiger partial charge in [-0.3, -0.25) is 0 Å². The number of rotatable bonds is 6. The number of hydrogen-bond donors (Lipinski definition) is 0. The van der Waals surface area contributed by atoms with Gasteiger partial charge in [-0.25, -0.2) is 9.79 Å². The molecular weight excluding hydrogens is 346 g/mol. The van der Waals surface area contributed by atoms with E-state index in [2.05, 4.69) is 4.99 Å². The van der Waals surface area contributed by atoms with Gasteiger partial charge in [0.05, 0.1) is 21.3 Å². The maximum absolute atomic E-state index is 12.1. The quantitative estimate of drug-likeness (QED) is 0.577. The fraction of sp³-hybridized carbons (Fsp3) is 0.143. The summed E-state index contributed by atoms with van der Waals surface area (Å²) < 4.78 is 21.0. The van der Waals surface area contributed by atoms with Crippen LogP contribution >= 0.6 is 0 Å². The van der Waals surface area contributed by atoms with Crippen molar-refractivity contribution in [2.24, 2.45) is 4.99 Å². The molecule has 0 radical (unpaired) electrons. The Bertz CT molecular complexity index is 943. The molecule has 6 heteroatoms. The van der Waals surface area contributed by atoms with Crippen LogP contribution in [-0.2, 0) is 9.53 Å². The molecule has 0 saturated carbocycles. The third kappa shape index (κ3) is 4.17. The van der Waals surface area contributed by atoms with E-state index in [1.54, 1.807) is 57.8 Å². The molecule has 2 aromatic carbocycles. The summed E-state index contributed by atoms with van der Waals surface area (Å²) in [4.78, 5) is 16.4. The van der Waals surface area contributed by atoms with Crippen LogP contribution in [0.2, 0.25) is 0 Å². The molecule has 1 aliphatic heterocycles. The van der Waals surface area contributed by atoms with Crippen molar-refractivity contribution in [1.29, 1.82) is 0 Å². The summed E-state index contributed by atoms with van der Waals surface area (Å²) in [6, 6.07) is 12.8. The largest absolute Gasteiger partial charge is 0.497 e. The van der Waals surface area contributed by atoms with E-state index in [0.717, 1.165) is 11.3 Å². The molecule has 0 amide bonds. The molecule has 0 unspecified atom stereocenters. The Morgan fingerprint density at radius 3 is 2.41 bits per heavy atom. The second-order valence-electron chi connectivity index (χ2n) is 5.55. The first-order chi connectivity index (χ1) is 13.1. The number of cyclic esters (lactones) is 1. The smallest absolute Gasteiger partial charge is 0.363 e. The lowest BCUT2D eigenvalue weighted by Gasteiger charge is -2.07. The van der Waals surface area contributed by atoms with Crippen molar-refractivity contribution in [1.82, 2.24) is 0 Å². The number of para-hydroxylation sites is 1. The van der Waals surface area contributed by atoms with Crippen molar-refractivity contribution in [3.05, 3.63) is 65.4 Å². The van der Waals surface area contributed by atoms with Crippen LogP contribution in [-0.4, -0.2) is 33.2 Å². The summed E-state index contributed by atoms with van der Waals surface area (Å²) in [5, 5.41) is 0. The normalized spacial score (nSPS) is 15.0. The minimum absolute atomic E-state index is 0.193. The van der Waals surface area contributed by atoms with Crippen LogP contribution in [0.4, 0.5) is 0 Å². The van der Waals surface area contributed by atoms with Crippen LogP contribution in [0, 0.1) is 0 Å². The molecule has 27 heavy (non-hydrogen) atoms. The highest BCUT2D eigenvalue weighted by Crippen LogP contribution is 2.28. The molecule has 0 aromatic heterocycles. The Morgan fingerprint density at radius 2 is 1.67 bits per heavy atom. The van der Waals surface area contributed by atoms with Gasteiger partial charge in [0.2, 0.25) is 5.90 Å². The first-order valence-corrected chi connectivity index (χ1v) is 8.20. The van der Waals surface area contributed by atoms with E-state index in [-0.39, 0.29) is 11.6 Å². The molecule has 1 aliphatic rings. The summed E-state index contributed by atoms with van der Waals surface area (Å²) in [6.45, 7) is 0. The maximum atomic E-state index is 12.1. The molecule has 0 bridgehead atoms. The molecule has 2 aromatic rings. The molecule has 138 valence electrons. The second-order valence-corrected chi connectivity index (χ2v) is 5.55. The van der Waals surface area contributed by atoms with E-state index in [1.165, 1.54) is 0 Å². The predicted molar refractivity (Wildman–Crippen MR) is 103 cm³/mol. The number of hydrogen-bond acceptors (Lipinski definition) is 6. The summed E-state index contributed by atoms with van der Waals surface area (Å²) in [7, 11) is 4.73. The van der Waals surface area contributed by atoms with Crippen molar-refractivity contribution in [3.8, 4) is 17.2 Å². The highest BCUT2D eigenvalue weighted by molar-refractivity contribution is 6.11. The Hall–Kier alpha value is -3.54. The SMILES string of the molecule is COc1ccc(C=C2N=C(C=Cc3ccccc3OC)OC2=O)c(OC)c1. The maximum Gasteiger partial charge on any atom is 0.363 e. The monoisotopic (exact) mass is 365 g/mol. The summed E-state index contributed by atoms with van der Waals surface area (Å²) in [5.74, 6) is 1.64. The van der Waals surface area contributed by atoms with Gasteiger partial charge >= 0.3 is 5.97 Å². The van der Waals surface area contributed by atoms with Crippen molar-refractivity contribution < 1.29 is 23.7 Å². The first-order valence-electron chi connectivity index (χ1n) is 8.20. The van der Waals surface area contributed by atoms with E-state index in [4.69, 9.17) is 18.9 Å². The molecule has 0 spiro atoms. The Labute approximate surface area is 157 Å². The van der Waals surface area contributed by atoms with Crippen LogP contribution in [0.5, 0.6) is 17.2 Å². The van der Waals surface area contributed by atoms with Crippen LogP contribution in [0.1, 0.15) is 11.1 Å². The Kier molecular flexibility index (Phi) is 5.56. The number of carbonyl (C=O) groups is 1. The van der Waals surface area contributed by atoms with Gasteiger partial charge in [-0.2, -0.15) is 0 Å². The highest BCUT2D eigenvalue weighted by atomic mass is 16.6. The average molecular weight is 365 g/mol. The van der Waals surface area contributed by atoms with Gasteiger partial charge < -0.3 is 18.9 Å². The zero-order valence-electron chi connectivity index (χ0n) is 15.3. The van der Waals surface area contributed by atoms with Gasteiger partial charge in [-0.05, 0) is 30.4 Å². The number of esters is 1. The highest BCUT2D eigenvalue weighted by Gasteiger charge is 2.22. The molecule has 0 aliphatic carbocycles. The summed E-state index contributed by atoms with van der Waals surface area (Å²) in [6.07, 6.45) is 5.02. The molecule has 0 atom stereocenters. The third-order valence-electron chi connectivity index (χ3n) is 3.91. The fourth-order valence-electron chi connectivity index (χ4n) is 2.55. The number of aliphatic imine (C=N–C) groups is 1. The van der Waals surface area contributed by atoms with Gasteiger partial charge in [0.25, 0.3) is 0 Å². The van der Waals surface area contributed by atoms with Crippen LogP contribution in [0.3, 0.4) is 0 Å². The lowest BCUT2D eigenvalue weighted by Crippen LogP contribution is -2.01. The molecule has 0 N–H and O–H groups in total. The standard InChI is InChI=1S/C21H19NO5/c1-24-16-10-8-15(19(13-16)26-3)12-17-21(23)27-20(22-17)11-9-14-6-4-5-7-18(14)25-2/h4-13H,1-3H3. The number of carbonyl (C=O) groups excluding carboxylic acids is 1. The van der Waals surface area contributed by atoms with Crippen molar-refractivity contribution in [2.75, 3.05) is 21.3 Å². The molecule has 1 heterocycles. The summed E-state index contributed by atoms with van der Waals surface area (Å²) >= 11 is 0. The topological polar surface area (TPSA) is 66.3 Å². The van der Waals surface area contributed by atoms with Gasteiger partial charge in [0, 0.05) is 23.3 Å². The minimum atomic E-state index is -0.521. The molecule has 0 fully saturated rings. The van der Waals surface area contributed by atoms with Gasteiger partial charge in [0.1, 0.15) is 17.2 Å². The van der Waals surface area contributed by atoms with E-state index in [1.807, 2.05) is 24.3 Å². The number of nitrogens with zero attached hydrogens (tertiary/aromatic N) is 1. The van der Waals surface area contributed by atoms with Gasteiger partial charge in [-0.1, -0.05) is 18.2 Å². The van der Waals surface area contributed by atoms with E-state index >= 15 is 0 Å². The summed E-state index contributed by atoms with van der Waals surface area (Å²) in [5.41, 5.74) is 1.75. The molecule has 3 rings (SSSR count). The van der Waals surface area contributed by atoms with Crippen LogP contribution < -0.4 is 14.2 Å². The van der Waals surface area contributed by atoms with Crippen molar-refractivity contribution >= 4 is 24.0 Å². The Balaban J connectivity index is 1.86. The van der Waals surface area contributed by atoms with E-state index in [0.29, 0.717) is 17.1 Å². The van der Waals surface area contributed by atoms with Crippen LogP contribution in [0.25, 0.3) is 12.2 Å². The molecule has 6 nitrogen and oxygen atoms in total. The number of methoxy groups -OCH3 is 3. The van der Waals surface area contributed by atoms with E-state index in [9.17, 15) is 4.79 Å². The van der Waals surface area contributed by atoms with E-state index < -0.39 is 5.97 Å². The van der Waals surface area contributed by atoms with Gasteiger partial charge in [0.15, 0.2) is 5.70 Å². The number of benzene rings is 2. The fourth-order valence-corrected chi connectivity index (χ4v) is 2.55. The predicted octanol–water partition coefficient (Wildman–Crippen LogP) is 3.72.